The average molecular weight is 258 g/mol. The molecule has 0 bridgehead atoms. The predicted octanol–water partition coefficient (Wildman–Crippen LogP) is 1.48. The Morgan fingerprint density at radius 3 is 2.68 bits per heavy atom. The molecule has 0 saturated carbocycles. The average Bonchev–Trinajstić information content (AvgIpc) is 2.93. The highest BCUT2D eigenvalue weighted by molar-refractivity contribution is 5.94. The minimum atomic E-state index is -0.205. The van der Waals surface area contributed by atoms with E-state index in [9.17, 15) is 4.79 Å². The molecule has 1 amide bonds. The van der Waals surface area contributed by atoms with Crippen LogP contribution >= 0.6 is 0 Å². The Morgan fingerprint density at radius 2 is 2.11 bits per heavy atom. The van der Waals surface area contributed by atoms with E-state index in [2.05, 4.69) is 15.7 Å². The molecule has 2 rings (SSSR count). The van der Waals surface area contributed by atoms with Gasteiger partial charge in [0.1, 0.15) is 0 Å². The summed E-state index contributed by atoms with van der Waals surface area (Å²) in [6.45, 7) is 2.55. The number of benzene rings is 1. The van der Waals surface area contributed by atoms with Crippen LogP contribution in [0.25, 0.3) is 0 Å². The highest BCUT2D eigenvalue weighted by atomic mass is 16.2. The largest absolute Gasteiger partial charge is 0.325 e. The normalized spacial score (nSPS) is 12.1. The maximum Gasteiger partial charge on any atom is 0.241 e. The van der Waals surface area contributed by atoms with Gasteiger partial charge in [0.2, 0.25) is 5.91 Å². The van der Waals surface area contributed by atoms with Gasteiger partial charge in [0.05, 0.1) is 12.6 Å². The quantitative estimate of drug-likeness (QED) is 0.854. The molecule has 1 aromatic carbocycles. The Morgan fingerprint density at radius 1 is 1.37 bits per heavy atom. The molecule has 1 unspecified atom stereocenters. The molecule has 1 aromatic heterocycles. The van der Waals surface area contributed by atoms with Gasteiger partial charge in [-0.3, -0.25) is 9.48 Å². The van der Waals surface area contributed by atoms with Crippen LogP contribution in [0.3, 0.4) is 0 Å². The summed E-state index contributed by atoms with van der Waals surface area (Å²) < 4.78 is 1.86. The van der Waals surface area contributed by atoms with E-state index in [1.807, 2.05) is 48.1 Å². The SMILES string of the molecule is CNC(C)C(=O)Nc1ccc(Cn2cccn2)cc1. The van der Waals surface area contributed by atoms with Crippen LogP contribution in [0.5, 0.6) is 0 Å². The van der Waals surface area contributed by atoms with Gasteiger partial charge in [-0.1, -0.05) is 12.1 Å². The number of carbonyl (C=O) groups is 1. The first kappa shape index (κ1) is 13.3. The Labute approximate surface area is 112 Å². The van der Waals surface area contributed by atoms with Crippen LogP contribution in [0, 0.1) is 0 Å². The molecule has 100 valence electrons. The summed E-state index contributed by atoms with van der Waals surface area (Å²) in [5.74, 6) is -0.0395. The number of carbonyl (C=O) groups excluding carboxylic acids is 1. The zero-order valence-corrected chi connectivity index (χ0v) is 11.1. The third-order valence-electron chi connectivity index (χ3n) is 2.95. The van der Waals surface area contributed by atoms with Crippen molar-refractivity contribution in [3.8, 4) is 0 Å². The van der Waals surface area contributed by atoms with Crippen molar-refractivity contribution in [3.63, 3.8) is 0 Å². The van der Waals surface area contributed by atoms with Crippen LogP contribution < -0.4 is 10.6 Å². The van der Waals surface area contributed by atoms with Crippen LogP contribution in [0.1, 0.15) is 12.5 Å². The van der Waals surface area contributed by atoms with Crippen LogP contribution in [0.4, 0.5) is 5.69 Å². The van der Waals surface area contributed by atoms with Crippen molar-refractivity contribution < 1.29 is 4.79 Å². The zero-order chi connectivity index (χ0) is 13.7. The van der Waals surface area contributed by atoms with Gasteiger partial charge in [-0.05, 0) is 37.7 Å². The number of nitrogens with zero attached hydrogens (tertiary/aromatic N) is 2. The molecule has 1 atom stereocenters. The third kappa shape index (κ3) is 3.66. The minimum Gasteiger partial charge on any atom is -0.325 e. The summed E-state index contributed by atoms with van der Waals surface area (Å²) in [4.78, 5) is 11.7. The molecule has 5 heteroatoms. The first-order chi connectivity index (χ1) is 9.19. The van der Waals surface area contributed by atoms with E-state index in [1.54, 1.807) is 13.2 Å². The topological polar surface area (TPSA) is 59.0 Å². The fourth-order valence-electron chi connectivity index (χ4n) is 1.66. The number of likely N-dealkylation sites (N-methyl/N-ethyl adjacent to an activating group) is 1. The minimum absolute atomic E-state index is 0.0395. The molecule has 19 heavy (non-hydrogen) atoms. The maximum atomic E-state index is 11.7. The van der Waals surface area contributed by atoms with Gasteiger partial charge < -0.3 is 10.6 Å². The van der Waals surface area contributed by atoms with E-state index in [-0.39, 0.29) is 11.9 Å². The Bertz CT molecular complexity index is 519. The van der Waals surface area contributed by atoms with Crippen LogP contribution in [-0.4, -0.2) is 28.8 Å². The lowest BCUT2D eigenvalue weighted by Gasteiger charge is -2.11. The number of aromatic nitrogens is 2. The summed E-state index contributed by atoms with van der Waals surface area (Å²) in [6.07, 6.45) is 3.68. The molecule has 0 fully saturated rings. The summed E-state index contributed by atoms with van der Waals surface area (Å²) in [5.41, 5.74) is 1.94. The van der Waals surface area contributed by atoms with Crippen molar-refractivity contribution in [2.24, 2.45) is 0 Å². The Kier molecular flexibility index (Phi) is 4.30. The van der Waals surface area contributed by atoms with E-state index >= 15 is 0 Å². The van der Waals surface area contributed by atoms with Crippen molar-refractivity contribution in [1.29, 1.82) is 0 Å². The number of hydrogen-bond acceptors (Lipinski definition) is 3. The molecule has 5 nitrogen and oxygen atoms in total. The summed E-state index contributed by atoms with van der Waals surface area (Å²) >= 11 is 0. The molecular weight excluding hydrogens is 240 g/mol. The van der Waals surface area contributed by atoms with Crippen LogP contribution in [-0.2, 0) is 11.3 Å². The number of nitrogens with one attached hydrogen (secondary N) is 2. The molecule has 0 radical (unpaired) electrons. The first-order valence-corrected chi connectivity index (χ1v) is 6.23. The smallest absolute Gasteiger partial charge is 0.241 e. The summed E-state index contributed by atoms with van der Waals surface area (Å²) in [7, 11) is 1.76. The fraction of sp³-hybridized carbons (Fsp3) is 0.286. The highest BCUT2D eigenvalue weighted by Gasteiger charge is 2.09. The Hall–Kier alpha value is -2.14. The standard InChI is InChI=1S/C14H18N4O/c1-11(15-2)14(19)17-13-6-4-12(5-7-13)10-18-9-3-8-16-18/h3-9,11,15H,10H2,1-2H3,(H,17,19). The lowest BCUT2D eigenvalue weighted by atomic mass is 10.2. The van der Waals surface area contributed by atoms with Crippen molar-refractivity contribution in [1.82, 2.24) is 15.1 Å². The van der Waals surface area contributed by atoms with Gasteiger partial charge in [0, 0.05) is 18.1 Å². The molecule has 0 aliphatic heterocycles. The van der Waals surface area contributed by atoms with Gasteiger partial charge in [-0.2, -0.15) is 5.10 Å². The second-order valence-electron chi connectivity index (χ2n) is 4.40. The van der Waals surface area contributed by atoms with Gasteiger partial charge in [-0.15, -0.1) is 0 Å². The molecule has 1 heterocycles. The molecule has 0 saturated heterocycles. The predicted molar refractivity (Wildman–Crippen MR) is 74.9 cm³/mol. The van der Waals surface area contributed by atoms with Gasteiger partial charge in [-0.25, -0.2) is 0 Å². The second kappa shape index (κ2) is 6.15. The third-order valence-corrected chi connectivity index (χ3v) is 2.95. The number of amides is 1. The molecule has 0 aliphatic rings. The Balaban J connectivity index is 1.96. The molecule has 0 spiro atoms. The lowest BCUT2D eigenvalue weighted by molar-refractivity contribution is -0.117. The van der Waals surface area contributed by atoms with Crippen LogP contribution in [0.15, 0.2) is 42.7 Å². The first-order valence-electron chi connectivity index (χ1n) is 6.23. The summed E-state index contributed by atoms with van der Waals surface area (Å²) in [5, 5.41) is 9.91. The molecule has 2 aromatic rings. The fourth-order valence-corrected chi connectivity index (χ4v) is 1.66. The second-order valence-corrected chi connectivity index (χ2v) is 4.40. The zero-order valence-electron chi connectivity index (χ0n) is 11.1. The van der Waals surface area contributed by atoms with Gasteiger partial charge in [0.25, 0.3) is 0 Å². The van der Waals surface area contributed by atoms with Crippen molar-refractivity contribution in [2.75, 3.05) is 12.4 Å². The number of hydrogen-bond donors (Lipinski definition) is 2. The van der Waals surface area contributed by atoms with E-state index < -0.39 is 0 Å². The highest BCUT2D eigenvalue weighted by Crippen LogP contribution is 2.10. The molecular formula is C14H18N4O. The van der Waals surface area contributed by atoms with E-state index in [4.69, 9.17) is 0 Å². The lowest BCUT2D eigenvalue weighted by Crippen LogP contribution is -2.35. The maximum absolute atomic E-state index is 11.7. The number of anilines is 1. The van der Waals surface area contributed by atoms with Gasteiger partial charge >= 0.3 is 0 Å². The monoisotopic (exact) mass is 258 g/mol. The molecule has 2 N–H and O–H groups in total. The van der Waals surface area contributed by atoms with Crippen molar-refractivity contribution in [3.05, 3.63) is 48.3 Å². The van der Waals surface area contributed by atoms with Crippen molar-refractivity contribution >= 4 is 11.6 Å². The van der Waals surface area contributed by atoms with E-state index in [0.29, 0.717) is 0 Å². The van der Waals surface area contributed by atoms with Crippen LogP contribution in [0.2, 0.25) is 0 Å². The van der Waals surface area contributed by atoms with Crippen molar-refractivity contribution in [2.45, 2.75) is 19.5 Å². The molecule has 0 aliphatic carbocycles. The van der Waals surface area contributed by atoms with Gasteiger partial charge in [0.15, 0.2) is 0 Å². The summed E-state index contributed by atoms with van der Waals surface area (Å²) in [6, 6.07) is 9.47. The van der Waals surface area contributed by atoms with E-state index in [0.717, 1.165) is 17.8 Å². The number of rotatable bonds is 5. The van der Waals surface area contributed by atoms with E-state index in [1.165, 1.54) is 0 Å².